The van der Waals surface area contributed by atoms with E-state index in [9.17, 15) is 4.79 Å². The highest BCUT2D eigenvalue weighted by Gasteiger charge is 2.25. The predicted molar refractivity (Wildman–Crippen MR) is 77.6 cm³/mol. The zero-order chi connectivity index (χ0) is 14.4. The van der Waals surface area contributed by atoms with Gasteiger partial charge in [-0.05, 0) is 43.4 Å². The second-order valence-corrected chi connectivity index (χ2v) is 5.28. The fraction of sp³-hybridized carbons (Fsp3) is 0.562. The Morgan fingerprint density at radius 1 is 1.25 bits per heavy atom. The third kappa shape index (κ3) is 3.97. The van der Waals surface area contributed by atoms with E-state index in [1.54, 1.807) is 14.2 Å². The van der Waals surface area contributed by atoms with Crippen LogP contribution < -0.4 is 10.1 Å². The van der Waals surface area contributed by atoms with Crippen LogP contribution in [0.2, 0.25) is 0 Å². The van der Waals surface area contributed by atoms with Gasteiger partial charge in [0, 0.05) is 19.6 Å². The first-order valence-electron chi connectivity index (χ1n) is 7.16. The van der Waals surface area contributed by atoms with Crippen molar-refractivity contribution in [2.45, 2.75) is 38.3 Å². The molecule has 2 rings (SSSR count). The Kier molecular flexibility index (Phi) is 5.41. The minimum Gasteiger partial charge on any atom is -0.497 e. The molecule has 4 nitrogen and oxygen atoms in total. The van der Waals surface area contributed by atoms with Crippen molar-refractivity contribution in [3.8, 4) is 5.75 Å². The maximum atomic E-state index is 12.1. The van der Waals surface area contributed by atoms with Crippen molar-refractivity contribution < 1.29 is 14.3 Å². The molecule has 0 spiro atoms. The summed E-state index contributed by atoms with van der Waals surface area (Å²) in [5.74, 6) is 1.10. The molecule has 0 unspecified atom stereocenters. The quantitative estimate of drug-likeness (QED) is 0.899. The van der Waals surface area contributed by atoms with Crippen LogP contribution in [0.1, 0.15) is 31.2 Å². The van der Waals surface area contributed by atoms with Crippen LogP contribution in [0.3, 0.4) is 0 Å². The normalized spacial score (nSPS) is 22.3. The van der Waals surface area contributed by atoms with Crippen LogP contribution in [0.15, 0.2) is 24.3 Å². The first-order chi connectivity index (χ1) is 9.72. The number of carbonyl (C=O) groups is 1. The SMILES string of the molecule is COc1cccc(CNC(=O)C2CCC(OC)CC2)c1. The number of ether oxygens (including phenoxy) is 2. The lowest BCUT2D eigenvalue weighted by molar-refractivity contribution is -0.126. The van der Waals surface area contributed by atoms with Gasteiger partial charge in [-0.25, -0.2) is 0 Å². The maximum Gasteiger partial charge on any atom is 0.223 e. The Bertz CT molecular complexity index is 439. The summed E-state index contributed by atoms with van der Waals surface area (Å²) in [6, 6.07) is 7.77. The monoisotopic (exact) mass is 277 g/mol. The van der Waals surface area contributed by atoms with E-state index in [-0.39, 0.29) is 11.8 Å². The molecule has 1 saturated carbocycles. The van der Waals surface area contributed by atoms with Gasteiger partial charge in [0.25, 0.3) is 0 Å². The van der Waals surface area contributed by atoms with Gasteiger partial charge in [-0.3, -0.25) is 4.79 Å². The molecule has 0 bridgehead atoms. The van der Waals surface area contributed by atoms with Crippen molar-refractivity contribution in [2.24, 2.45) is 5.92 Å². The second kappa shape index (κ2) is 7.29. The molecule has 0 atom stereocenters. The largest absolute Gasteiger partial charge is 0.497 e. The summed E-state index contributed by atoms with van der Waals surface area (Å²) in [5, 5.41) is 3.02. The molecule has 0 heterocycles. The molecular formula is C16H23NO3. The minimum absolute atomic E-state index is 0.131. The van der Waals surface area contributed by atoms with Gasteiger partial charge in [-0.1, -0.05) is 12.1 Å². The number of methoxy groups -OCH3 is 2. The van der Waals surface area contributed by atoms with E-state index in [1.807, 2.05) is 24.3 Å². The number of rotatable bonds is 5. The van der Waals surface area contributed by atoms with Gasteiger partial charge >= 0.3 is 0 Å². The molecule has 1 aliphatic rings. The number of carbonyl (C=O) groups excluding carboxylic acids is 1. The summed E-state index contributed by atoms with van der Waals surface area (Å²) in [7, 11) is 3.39. The van der Waals surface area contributed by atoms with E-state index in [4.69, 9.17) is 9.47 Å². The summed E-state index contributed by atoms with van der Waals surface area (Å²) in [6.07, 6.45) is 4.13. The van der Waals surface area contributed by atoms with Gasteiger partial charge in [-0.15, -0.1) is 0 Å². The smallest absolute Gasteiger partial charge is 0.223 e. The van der Waals surface area contributed by atoms with Crippen LogP contribution in [0, 0.1) is 5.92 Å². The van der Waals surface area contributed by atoms with Crippen LogP contribution in [0.5, 0.6) is 5.75 Å². The Morgan fingerprint density at radius 2 is 2.00 bits per heavy atom. The molecular weight excluding hydrogens is 254 g/mol. The zero-order valence-electron chi connectivity index (χ0n) is 12.2. The predicted octanol–water partition coefficient (Wildman–Crippen LogP) is 2.52. The number of hydrogen-bond acceptors (Lipinski definition) is 3. The van der Waals surface area contributed by atoms with Gasteiger partial charge in [0.1, 0.15) is 5.75 Å². The summed E-state index contributed by atoms with van der Waals surface area (Å²) in [5.41, 5.74) is 1.06. The van der Waals surface area contributed by atoms with Crippen molar-refractivity contribution in [1.29, 1.82) is 0 Å². The van der Waals surface area contributed by atoms with E-state index in [0.29, 0.717) is 12.6 Å². The van der Waals surface area contributed by atoms with Crippen molar-refractivity contribution in [1.82, 2.24) is 5.32 Å². The third-order valence-corrected chi connectivity index (χ3v) is 3.98. The fourth-order valence-corrected chi connectivity index (χ4v) is 2.68. The number of hydrogen-bond donors (Lipinski definition) is 1. The molecule has 1 fully saturated rings. The first kappa shape index (κ1) is 14.9. The van der Waals surface area contributed by atoms with Crippen LogP contribution in [-0.4, -0.2) is 26.2 Å². The average molecular weight is 277 g/mol. The lowest BCUT2D eigenvalue weighted by Crippen LogP contribution is -2.34. The fourth-order valence-electron chi connectivity index (χ4n) is 2.68. The highest BCUT2D eigenvalue weighted by Crippen LogP contribution is 2.26. The van der Waals surface area contributed by atoms with Gasteiger partial charge in [0.2, 0.25) is 5.91 Å². The molecule has 1 N–H and O–H groups in total. The van der Waals surface area contributed by atoms with Crippen molar-refractivity contribution in [3.05, 3.63) is 29.8 Å². The molecule has 1 aliphatic carbocycles. The van der Waals surface area contributed by atoms with E-state index >= 15 is 0 Å². The molecule has 0 saturated heterocycles. The standard InChI is InChI=1S/C16H23NO3/c1-19-14-8-6-13(7-9-14)16(18)17-11-12-4-3-5-15(10-12)20-2/h3-5,10,13-14H,6-9,11H2,1-2H3,(H,17,18). The number of benzene rings is 1. The Balaban J connectivity index is 1.80. The van der Waals surface area contributed by atoms with Crippen molar-refractivity contribution >= 4 is 5.91 Å². The minimum atomic E-state index is 0.131. The molecule has 0 aromatic heterocycles. The number of nitrogens with one attached hydrogen (secondary N) is 1. The van der Waals surface area contributed by atoms with E-state index in [1.165, 1.54) is 0 Å². The van der Waals surface area contributed by atoms with Gasteiger partial charge in [-0.2, -0.15) is 0 Å². The number of amides is 1. The van der Waals surface area contributed by atoms with Crippen LogP contribution in [0.25, 0.3) is 0 Å². The van der Waals surface area contributed by atoms with E-state index in [0.717, 1.165) is 37.0 Å². The lowest BCUT2D eigenvalue weighted by atomic mass is 9.87. The van der Waals surface area contributed by atoms with Crippen molar-refractivity contribution in [3.63, 3.8) is 0 Å². The van der Waals surface area contributed by atoms with Crippen LogP contribution >= 0.6 is 0 Å². The van der Waals surface area contributed by atoms with Gasteiger partial charge in [0.05, 0.1) is 13.2 Å². The van der Waals surface area contributed by atoms with Crippen molar-refractivity contribution in [2.75, 3.05) is 14.2 Å². The molecule has 0 aliphatic heterocycles. The molecule has 1 aromatic carbocycles. The Morgan fingerprint density at radius 3 is 2.65 bits per heavy atom. The maximum absolute atomic E-state index is 12.1. The zero-order valence-corrected chi connectivity index (χ0v) is 12.2. The molecule has 0 radical (unpaired) electrons. The third-order valence-electron chi connectivity index (χ3n) is 3.98. The first-order valence-corrected chi connectivity index (χ1v) is 7.16. The summed E-state index contributed by atoms with van der Waals surface area (Å²) < 4.78 is 10.5. The van der Waals surface area contributed by atoms with Gasteiger partial charge in [0.15, 0.2) is 0 Å². The molecule has 1 amide bonds. The van der Waals surface area contributed by atoms with Crippen LogP contribution in [0.4, 0.5) is 0 Å². The topological polar surface area (TPSA) is 47.6 Å². The highest BCUT2D eigenvalue weighted by molar-refractivity contribution is 5.78. The van der Waals surface area contributed by atoms with E-state index in [2.05, 4.69) is 5.32 Å². The summed E-state index contributed by atoms with van der Waals surface area (Å²) >= 11 is 0. The Labute approximate surface area is 120 Å². The molecule has 1 aromatic rings. The van der Waals surface area contributed by atoms with Crippen LogP contribution in [-0.2, 0) is 16.1 Å². The summed E-state index contributed by atoms with van der Waals surface area (Å²) in [4.78, 5) is 12.1. The van der Waals surface area contributed by atoms with E-state index < -0.39 is 0 Å². The second-order valence-electron chi connectivity index (χ2n) is 5.28. The molecule has 20 heavy (non-hydrogen) atoms. The Hall–Kier alpha value is -1.55. The molecule has 110 valence electrons. The average Bonchev–Trinajstić information content (AvgIpc) is 2.53. The molecule has 4 heteroatoms. The highest BCUT2D eigenvalue weighted by atomic mass is 16.5. The lowest BCUT2D eigenvalue weighted by Gasteiger charge is -2.26. The summed E-state index contributed by atoms with van der Waals surface area (Å²) in [6.45, 7) is 0.556. The van der Waals surface area contributed by atoms with Gasteiger partial charge < -0.3 is 14.8 Å².